The Morgan fingerprint density at radius 2 is 0.429 bits per heavy atom. The first-order valence-corrected chi connectivity index (χ1v) is 13.8. The van der Waals surface area contributed by atoms with Gasteiger partial charge in [-0.1, -0.05) is 18.2 Å². The van der Waals surface area contributed by atoms with E-state index in [0.29, 0.717) is 0 Å². The third-order valence-corrected chi connectivity index (χ3v) is 6.67. The normalized spacial score (nSPS) is 10.5. The van der Waals surface area contributed by atoms with E-state index in [1.54, 1.807) is 0 Å². The fraction of sp³-hybridized carbons (Fsp3) is 0. The van der Waals surface area contributed by atoms with Crippen LogP contribution in [0.2, 0.25) is 0 Å². The third kappa shape index (κ3) is 7.20. The van der Waals surface area contributed by atoms with Crippen molar-refractivity contribution in [3.63, 3.8) is 0 Å². The second-order valence-corrected chi connectivity index (χ2v) is 9.92. The van der Waals surface area contributed by atoms with Crippen molar-refractivity contribution in [2.24, 2.45) is 0 Å². The van der Waals surface area contributed by atoms with Gasteiger partial charge in [-0.3, -0.25) is 0 Å². The predicted octanol–water partition coefficient (Wildman–Crippen LogP) is 9.99. The molecule has 6 heteroatoms. The van der Waals surface area contributed by atoms with E-state index >= 15 is 0 Å². The minimum atomic E-state index is 0.752. The summed E-state index contributed by atoms with van der Waals surface area (Å²) in [6.45, 7) is 0. The molecule has 0 saturated heterocycles. The number of anilines is 11. The lowest BCUT2D eigenvalue weighted by Gasteiger charge is -2.12. The zero-order valence-corrected chi connectivity index (χ0v) is 23.0. The molecule has 0 radical (unpaired) electrons. The average molecular weight is 549 g/mol. The van der Waals surface area contributed by atoms with Crippen LogP contribution in [-0.4, -0.2) is 0 Å². The predicted molar refractivity (Wildman–Crippen MR) is 179 cm³/mol. The minimum Gasteiger partial charge on any atom is -0.399 e. The largest absolute Gasteiger partial charge is 0.399 e. The highest BCUT2D eigenvalue weighted by Gasteiger charge is 2.01. The Kier molecular flexibility index (Phi) is 7.86. The first-order valence-electron chi connectivity index (χ1n) is 13.8. The van der Waals surface area contributed by atoms with Gasteiger partial charge >= 0.3 is 0 Å². The van der Waals surface area contributed by atoms with Crippen molar-refractivity contribution in [3.8, 4) is 0 Å². The molecule has 6 aromatic carbocycles. The van der Waals surface area contributed by atoms with Crippen molar-refractivity contribution in [1.29, 1.82) is 0 Å². The van der Waals surface area contributed by atoms with Crippen LogP contribution in [0.5, 0.6) is 0 Å². The van der Waals surface area contributed by atoms with Crippen molar-refractivity contribution < 1.29 is 0 Å². The monoisotopic (exact) mass is 548 g/mol. The Bertz CT molecular complexity index is 1700. The van der Waals surface area contributed by atoms with E-state index in [1.165, 1.54) is 0 Å². The standard InChI is InChI=1S/C36H32N6/c37-26-6-8-28(9-7-26)39-30-14-16-32(17-15-30)41-34-22-24-36(25-23-34)42-35-20-18-33(19-21-35)40-31-12-10-29(11-13-31)38-27-4-2-1-3-5-27/h1-25,38-42H,37H2. The summed E-state index contributed by atoms with van der Waals surface area (Å²) in [6, 6.07) is 50.9. The van der Waals surface area contributed by atoms with Crippen LogP contribution >= 0.6 is 0 Å². The molecule has 0 fully saturated rings. The highest BCUT2D eigenvalue weighted by Crippen LogP contribution is 2.26. The van der Waals surface area contributed by atoms with Crippen LogP contribution in [0.4, 0.5) is 62.6 Å². The maximum Gasteiger partial charge on any atom is 0.0385 e. The number of rotatable bonds is 10. The summed E-state index contributed by atoms with van der Waals surface area (Å²) in [4.78, 5) is 0. The van der Waals surface area contributed by atoms with Gasteiger partial charge in [0.25, 0.3) is 0 Å². The molecule has 0 saturated carbocycles. The molecule has 206 valence electrons. The van der Waals surface area contributed by atoms with Crippen LogP contribution in [-0.2, 0) is 0 Å². The molecule has 0 unspecified atom stereocenters. The van der Waals surface area contributed by atoms with Crippen LogP contribution in [0.3, 0.4) is 0 Å². The van der Waals surface area contributed by atoms with Gasteiger partial charge in [0.15, 0.2) is 0 Å². The smallest absolute Gasteiger partial charge is 0.0385 e. The molecule has 0 bridgehead atoms. The quantitative estimate of drug-likeness (QED) is 0.0956. The SMILES string of the molecule is Nc1ccc(Nc2ccc(Nc3ccc(Nc4ccc(Nc5ccc(Nc6ccccc6)cc5)cc4)cc3)cc2)cc1. The van der Waals surface area contributed by atoms with E-state index in [2.05, 4.69) is 124 Å². The van der Waals surface area contributed by atoms with Crippen LogP contribution in [0.1, 0.15) is 0 Å². The van der Waals surface area contributed by atoms with Crippen LogP contribution < -0.4 is 32.3 Å². The van der Waals surface area contributed by atoms with Crippen molar-refractivity contribution >= 4 is 62.6 Å². The Labute approximate surface area is 246 Å². The number of nitrogens with two attached hydrogens (primary N) is 1. The lowest BCUT2D eigenvalue weighted by atomic mass is 10.2. The third-order valence-electron chi connectivity index (χ3n) is 6.67. The summed E-state index contributed by atoms with van der Waals surface area (Å²) >= 11 is 0. The van der Waals surface area contributed by atoms with Gasteiger partial charge in [-0.25, -0.2) is 0 Å². The van der Waals surface area contributed by atoms with E-state index in [4.69, 9.17) is 5.73 Å². The average Bonchev–Trinajstić information content (AvgIpc) is 3.03. The Balaban J connectivity index is 0.991. The van der Waals surface area contributed by atoms with Gasteiger partial charge in [-0.2, -0.15) is 0 Å². The van der Waals surface area contributed by atoms with Gasteiger partial charge in [-0.15, -0.1) is 0 Å². The fourth-order valence-electron chi connectivity index (χ4n) is 4.47. The van der Waals surface area contributed by atoms with Gasteiger partial charge in [-0.05, 0) is 133 Å². The summed E-state index contributed by atoms with van der Waals surface area (Å²) < 4.78 is 0. The number of benzene rings is 6. The Morgan fingerprint density at radius 3 is 0.667 bits per heavy atom. The second kappa shape index (κ2) is 12.5. The zero-order chi connectivity index (χ0) is 28.6. The molecule has 0 aromatic heterocycles. The molecule has 0 aliphatic carbocycles. The molecular formula is C36H32N6. The molecular weight excluding hydrogens is 516 g/mol. The lowest BCUT2D eigenvalue weighted by Crippen LogP contribution is -1.95. The molecule has 0 atom stereocenters. The van der Waals surface area contributed by atoms with Gasteiger partial charge in [0.05, 0.1) is 0 Å². The summed E-state index contributed by atoms with van der Waals surface area (Å²) in [5, 5.41) is 17.2. The van der Waals surface area contributed by atoms with Crippen molar-refractivity contribution in [2.75, 3.05) is 32.3 Å². The molecule has 0 aliphatic rings. The Morgan fingerprint density at radius 1 is 0.238 bits per heavy atom. The van der Waals surface area contributed by atoms with E-state index in [1.807, 2.05) is 54.6 Å². The number of para-hydroxylation sites is 1. The minimum absolute atomic E-state index is 0.752. The fourth-order valence-corrected chi connectivity index (χ4v) is 4.47. The van der Waals surface area contributed by atoms with Gasteiger partial charge in [0.1, 0.15) is 0 Å². The number of hydrogen-bond acceptors (Lipinski definition) is 6. The molecule has 0 aliphatic heterocycles. The van der Waals surface area contributed by atoms with E-state index in [-0.39, 0.29) is 0 Å². The maximum absolute atomic E-state index is 5.77. The van der Waals surface area contributed by atoms with E-state index in [9.17, 15) is 0 Å². The van der Waals surface area contributed by atoms with E-state index in [0.717, 1.165) is 62.6 Å². The van der Waals surface area contributed by atoms with E-state index < -0.39 is 0 Å². The van der Waals surface area contributed by atoms with Crippen molar-refractivity contribution in [3.05, 3.63) is 152 Å². The van der Waals surface area contributed by atoms with Gasteiger partial charge < -0.3 is 32.3 Å². The highest BCUT2D eigenvalue weighted by molar-refractivity contribution is 5.71. The molecule has 42 heavy (non-hydrogen) atoms. The van der Waals surface area contributed by atoms with Gasteiger partial charge in [0.2, 0.25) is 0 Å². The molecule has 6 rings (SSSR count). The molecule has 0 amide bonds. The second-order valence-electron chi connectivity index (χ2n) is 9.92. The summed E-state index contributed by atoms with van der Waals surface area (Å²) in [5.74, 6) is 0. The number of nitrogen functional groups attached to an aromatic ring is 1. The first-order chi connectivity index (χ1) is 20.6. The molecule has 7 N–H and O–H groups in total. The molecule has 6 aromatic rings. The lowest BCUT2D eigenvalue weighted by molar-refractivity contribution is 1.49. The van der Waals surface area contributed by atoms with Crippen molar-refractivity contribution in [2.45, 2.75) is 0 Å². The Hall–Kier alpha value is -5.88. The van der Waals surface area contributed by atoms with Crippen molar-refractivity contribution in [1.82, 2.24) is 0 Å². The van der Waals surface area contributed by atoms with Crippen LogP contribution in [0.25, 0.3) is 0 Å². The van der Waals surface area contributed by atoms with Crippen LogP contribution in [0, 0.1) is 0 Å². The molecule has 0 heterocycles. The first kappa shape index (κ1) is 26.3. The van der Waals surface area contributed by atoms with Crippen LogP contribution in [0.15, 0.2) is 152 Å². The summed E-state index contributed by atoms with van der Waals surface area (Å²) in [6.07, 6.45) is 0. The van der Waals surface area contributed by atoms with Gasteiger partial charge in [0, 0.05) is 62.6 Å². The summed E-state index contributed by atoms with van der Waals surface area (Å²) in [7, 11) is 0. The highest BCUT2D eigenvalue weighted by atomic mass is 14.9. The topological polar surface area (TPSA) is 86.2 Å². The zero-order valence-electron chi connectivity index (χ0n) is 23.0. The maximum atomic E-state index is 5.77. The number of hydrogen-bond donors (Lipinski definition) is 6. The number of nitrogens with one attached hydrogen (secondary N) is 5. The summed E-state index contributed by atoms with van der Waals surface area (Å²) in [5.41, 5.74) is 16.8. The molecule has 0 spiro atoms. The molecule has 6 nitrogen and oxygen atoms in total.